The van der Waals surface area contributed by atoms with Gasteiger partial charge in [-0.15, -0.1) is 0 Å². The van der Waals surface area contributed by atoms with Gasteiger partial charge in [0, 0.05) is 17.3 Å². The first kappa shape index (κ1) is 28.1. The predicted molar refractivity (Wildman–Crippen MR) is 132 cm³/mol. The van der Waals surface area contributed by atoms with Crippen molar-refractivity contribution < 1.29 is 24.6 Å². The molecule has 2 rings (SSSR count). The minimum absolute atomic E-state index is 0.0931. The van der Waals surface area contributed by atoms with Crippen molar-refractivity contribution >= 4 is 18.2 Å². The molecule has 2 unspecified atom stereocenters. The number of aldehydes is 1. The lowest BCUT2D eigenvalue weighted by Crippen LogP contribution is -2.25. The molecule has 0 fully saturated rings. The van der Waals surface area contributed by atoms with Crippen LogP contribution in [0.5, 0.6) is 0 Å². The van der Waals surface area contributed by atoms with Gasteiger partial charge in [0.2, 0.25) is 0 Å². The van der Waals surface area contributed by atoms with Gasteiger partial charge in [0.25, 0.3) is 0 Å². The second-order valence-electron chi connectivity index (χ2n) is 9.16. The Balaban J connectivity index is 0.000000331. The van der Waals surface area contributed by atoms with Crippen molar-refractivity contribution in [3.63, 3.8) is 0 Å². The maximum absolute atomic E-state index is 11.0. The van der Waals surface area contributed by atoms with Crippen LogP contribution in [0, 0.1) is 0 Å². The lowest BCUT2D eigenvalue weighted by atomic mass is 9.75. The molecule has 0 aliphatic carbocycles. The minimum Gasteiger partial charge on any atom is -0.481 e. The summed E-state index contributed by atoms with van der Waals surface area (Å²) in [6, 6.07) is 19.6. The van der Waals surface area contributed by atoms with Crippen LogP contribution in [0.3, 0.4) is 0 Å². The lowest BCUT2D eigenvalue weighted by Gasteiger charge is -2.28. The molecule has 0 saturated heterocycles. The molecule has 2 atom stereocenters. The number of benzene rings is 2. The number of hydrogen-bond acceptors (Lipinski definition) is 3. The molecule has 0 heterocycles. The Morgan fingerprint density at radius 3 is 1.48 bits per heavy atom. The summed E-state index contributed by atoms with van der Waals surface area (Å²) in [5.74, 6) is -1.52. The van der Waals surface area contributed by atoms with Crippen LogP contribution >= 0.6 is 0 Å². The molecule has 0 bridgehead atoms. The highest BCUT2D eigenvalue weighted by molar-refractivity contribution is 5.69. The number of hydrogen-bond donors (Lipinski definition) is 2. The number of aliphatic carboxylic acids is 2. The molecule has 0 aliphatic heterocycles. The van der Waals surface area contributed by atoms with Crippen LogP contribution in [-0.4, -0.2) is 28.4 Å². The van der Waals surface area contributed by atoms with E-state index in [1.54, 1.807) is 0 Å². The monoisotopic (exact) mass is 454 g/mol. The number of carboxylic acid groups (broad SMARTS) is 2. The SMILES string of the molecule is CC(CCCC=O)(CC(=O)O)c1ccccc1.CCCCC(C)(CC(=O)O)c1ccccc1. The first-order chi connectivity index (χ1) is 15.7. The summed E-state index contributed by atoms with van der Waals surface area (Å²) in [6.45, 7) is 6.12. The smallest absolute Gasteiger partial charge is 0.304 e. The highest BCUT2D eigenvalue weighted by Gasteiger charge is 2.29. The number of rotatable bonds is 13. The maximum atomic E-state index is 11.0. The van der Waals surface area contributed by atoms with E-state index in [2.05, 4.69) is 6.92 Å². The van der Waals surface area contributed by atoms with Crippen molar-refractivity contribution in [3.05, 3.63) is 71.8 Å². The largest absolute Gasteiger partial charge is 0.481 e. The quantitative estimate of drug-likeness (QED) is 0.270. The topological polar surface area (TPSA) is 91.7 Å². The summed E-state index contributed by atoms with van der Waals surface area (Å²) >= 11 is 0. The van der Waals surface area contributed by atoms with E-state index in [0.29, 0.717) is 12.8 Å². The standard InChI is InChI=1S/C14H18O3.C14H20O2/c1-14(11-13(16)17,9-5-6-10-15)12-7-3-2-4-8-12;1-3-4-10-14(2,11-13(15)16)12-8-6-5-7-9-12/h2-4,7-8,10H,5-6,9,11H2,1H3,(H,16,17);5-9H,3-4,10-11H2,1-2H3,(H,15,16). The zero-order chi connectivity index (χ0) is 24.7. The van der Waals surface area contributed by atoms with E-state index >= 15 is 0 Å². The summed E-state index contributed by atoms with van der Waals surface area (Å²) in [4.78, 5) is 32.2. The fourth-order valence-electron chi connectivity index (χ4n) is 4.16. The number of carbonyl (C=O) groups excluding carboxylic acids is 1. The molecule has 0 amide bonds. The van der Waals surface area contributed by atoms with Crippen LogP contribution in [-0.2, 0) is 25.2 Å². The molecule has 2 aromatic rings. The Morgan fingerprint density at radius 2 is 1.15 bits per heavy atom. The third-order valence-electron chi connectivity index (χ3n) is 6.16. The molecule has 2 N–H and O–H groups in total. The molecule has 2 aromatic carbocycles. The lowest BCUT2D eigenvalue weighted by molar-refractivity contribution is -0.139. The van der Waals surface area contributed by atoms with Crippen LogP contribution in [0.2, 0.25) is 0 Å². The van der Waals surface area contributed by atoms with Crippen molar-refractivity contribution in [3.8, 4) is 0 Å². The normalized spacial score (nSPS) is 14.2. The Morgan fingerprint density at radius 1 is 0.758 bits per heavy atom. The third kappa shape index (κ3) is 10.0. The average molecular weight is 455 g/mol. The molecule has 5 heteroatoms. The van der Waals surface area contributed by atoms with Crippen molar-refractivity contribution in [2.24, 2.45) is 0 Å². The first-order valence-corrected chi connectivity index (χ1v) is 11.6. The van der Waals surface area contributed by atoms with E-state index in [4.69, 9.17) is 10.2 Å². The van der Waals surface area contributed by atoms with Gasteiger partial charge in [0.15, 0.2) is 0 Å². The predicted octanol–water partition coefficient (Wildman–Crippen LogP) is 6.40. The van der Waals surface area contributed by atoms with Crippen LogP contribution in [0.25, 0.3) is 0 Å². The molecule has 0 aromatic heterocycles. The van der Waals surface area contributed by atoms with Gasteiger partial charge in [-0.3, -0.25) is 9.59 Å². The van der Waals surface area contributed by atoms with Crippen LogP contribution in [0.4, 0.5) is 0 Å². The highest BCUT2D eigenvalue weighted by Crippen LogP contribution is 2.34. The molecular weight excluding hydrogens is 416 g/mol. The van der Waals surface area contributed by atoms with E-state index in [9.17, 15) is 14.4 Å². The van der Waals surface area contributed by atoms with Gasteiger partial charge in [-0.1, -0.05) is 94.3 Å². The fraction of sp³-hybridized carbons (Fsp3) is 0.464. The maximum Gasteiger partial charge on any atom is 0.304 e. The molecule has 33 heavy (non-hydrogen) atoms. The highest BCUT2D eigenvalue weighted by atomic mass is 16.4. The Labute approximate surface area is 197 Å². The Hall–Kier alpha value is -2.95. The van der Waals surface area contributed by atoms with Gasteiger partial charge in [0.05, 0.1) is 12.8 Å². The Kier molecular flexibility index (Phi) is 12.1. The van der Waals surface area contributed by atoms with Crippen LogP contribution in [0.15, 0.2) is 60.7 Å². The van der Waals surface area contributed by atoms with Gasteiger partial charge in [-0.05, 0) is 30.4 Å². The summed E-state index contributed by atoms with van der Waals surface area (Å²) in [6.07, 6.45) is 6.20. The zero-order valence-corrected chi connectivity index (χ0v) is 20.1. The molecule has 180 valence electrons. The van der Waals surface area contributed by atoms with Gasteiger partial charge in [0.1, 0.15) is 6.29 Å². The van der Waals surface area contributed by atoms with E-state index in [1.165, 1.54) is 0 Å². The van der Waals surface area contributed by atoms with Gasteiger partial charge >= 0.3 is 11.9 Å². The zero-order valence-electron chi connectivity index (χ0n) is 20.1. The van der Waals surface area contributed by atoms with E-state index < -0.39 is 17.4 Å². The van der Waals surface area contributed by atoms with E-state index in [1.807, 2.05) is 74.5 Å². The number of carbonyl (C=O) groups is 3. The fourth-order valence-corrected chi connectivity index (χ4v) is 4.16. The average Bonchev–Trinajstić information content (AvgIpc) is 2.79. The number of unbranched alkanes of at least 4 members (excludes halogenated alkanes) is 2. The van der Waals surface area contributed by atoms with Crippen LogP contribution in [0.1, 0.15) is 83.3 Å². The molecule has 5 nitrogen and oxygen atoms in total. The van der Waals surface area contributed by atoms with Gasteiger partial charge < -0.3 is 15.0 Å². The summed E-state index contributed by atoms with van der Waals surface area (Å²) in [7, 11) is 0. The summed E-state index contributed by atoms with van der Waals surface area (Å²) in [5, 5.41) is 18.0. The second-order valence-corrected chi connectivity index (χ2v) is 9.16. The van der Waals surface area contributed by atoms with Crippen molar-refractivity contribution in [2.75, 3.05) is 0 Å². The van der Waals surface area contributed by atoms with Crippen molar-refractivity contribution in [1.29, 1.82) is 0 Å². The third-order valence-corrected chi connectivity index (χ3v) is 6.16. The number of carboxylic acids is 2. The molecule has 0 radical (unpaired) electrons. The molecule has 0 saturated carbocycles. The Bertz CT molecular complexity index is 849. The first-order valence-electron chi connectivity index (χ1n) is 11.6. The molecule has 0 aliphatic rings. The van der Waals surface area contributed by atoms with Crippen molar-refractivity contribution in [2.45, 2.75) is 83.0 Å². The summed E-state index contributed by atoms with van der Waals surface area (Å²) in [5.41, 5.74) is 1.53. The second kappa shape index (κ2) is 14.2. The van der Waals surface area contributed by atoms with Crippen LogP contribution < -0.4 is 0 Å². The summed E-state index contributed by atoms with van der Waals surface area (Å²) < 4.78 is 0. The van der Waals surface area contributed by atoms with E-state index in [0.717, 1.165) is 43.1 Å². The van der Waals surface area contributed by atoms with Gasteiger partial charge in [-0.25, -0.2) is 0 Å². The molecule has 0 spiro atoms. The van der Waals surface area contributed by atoms with Gasteiger partial charge in [-0.2, -0.15) is 0 Å². The van der Waals surface area contributed by atoms with E-state index in [-0.39, 0.29) is 18.3 Å². The minimum atomic E-state index is -0.803. The molecular formula is C28H38O5. The van der Waals surface area contributed by atoms with Crippen molar-refractivity contribution in [1.82, 2.24) is 0 Å².